The molecule has 1 heterocycles. The highest BCUT2D eigenvalue weighted by atomic mass is 16.5. The Kier molecular flexibility index (Phi) is 7.03. The molecule has 0 aliphatic carbocycles. The second-order valence-electron chi connectivity index (χ2n) is 5.38. The van der Waals surface area contributed by atoms with E-state index >= 15 is 0 Å². The number of carbonyl (C=O) groups excluding carboxylic acids is 2. The van der Waals surface area contributed by atoms with Gasteiger partial charge in [0, 0.05) is 25.4 Å². The summed E-state index contributed by atoms with van der Waals surface area (Å²) in [6.45, 7) is 12.0. The molecule has 0 fully saturated rings. The quantitative estimate of drug-likeness (QED) is 0.588. The van der Waals surface area contributed by atoms with Crippen molar-refractivity contribution >= 4 is 11.9 Å². The molecule has 1 unspecified atom stereocenters. The number of allylic oxidation sites excluding steroid dienone is 1. The predicted octanol–water partition coefficient (Wildman–Crippen LogP) is 2.23. The zero-order valence-electron chi connectivity index (χ0n) is 14.6. The minimum Gasteiger partial charge on any atom is -0.461 e. The number of ether oxygens (including phenoxy) is 2. The van der Waals surface area contributed by atoms with E-state index in [0.717, 1.165) is 0 Å². The molecule has 1 atom stereocenters. The SMILES string of the molecule is C=CCn1c(C)c(C(=O)NC(C)COC)c(C)c1C(=O)OCC. The molecule has 0 aliphatic rings. The molecule has 1 rings (SSSR count). The summed E-state index contributed by atoms with van der Waals surface area (Å²) in [5, 5.41) is 2.88. The second-order valence-corrected chi connectivity index (χ2v) is 5.38. The average molecular weight is 322 g/mol. The van der Waals surface area contributed by atoms with Crippen molar-refractivity contribution in [1.29, 1.82) is 0 Å². The molecule has 6 nitrogen and oxygen atoms in total. The number of hydrogen-bond donors (Lipinski definition) is 1. The van der Waals surface area contributed by atoms with Crippen LogP contribution >= 0.6 is 0 Å². The Morgan fingerprint density at radius 1 is 1.39 bits per heavy atom. The number of aromatic nitrogens is 1. The van der Waals surface area contributed by atoms with E-state index in [1.807, 2.05) is 13.8 Å². The summed E-state index contributed by atoms with van der Waals surface area (Å²) >= 11 is 0. The van der Waals surface area contributed by atoms with Gasteiger partial charge in [0.1, 0.15) is 5.69 Å². The number of methoxy groups -OCH3 is 1. The van der Waals surface area contributed by atoms with E-state index in [9.17, 15) is 9.59 Å². The number of esters is 1. The van der Waals surface area contributed by atoms with Gasteiger partial charge in [-0.2, -0.15) is 0 Å². The molecule has 0 spiro atoms. The highest BCUT2D eigenvalue weighted by Gasteiger charge is 2.27. The molecule has 0 aromatic carbocycles. The van der Waals surface area contributed by atoms with Crippen molar-refractivity contribution in [2.75, 3.05) is 20.3 Å². The van der Waals surface area contributed by atoms with Gasteiger partial charge in [0.25, 0.3) is 5.91 Å². The van der Waals surface area contributed by atoms with Crippen LogP contribution in [-0.2, 0) is 16.0 Å². The Balaban J connectivity index is 3.27. The molecule has 0 radical (unpaired) electrons. The Morgan fingerprint density at radius 2 is 2.04 bits per heavy atom. The van der Waals surface area contributed by atoms with Crippen molar-refractivity contribution in [3.63, 3.8) is 0 Å². The normalized spacial score (nSPS) is 11.9. The lowest BCUT2D eigenvalue weighted by atomic mass is 10.1. The van der Waals surface area contributed by atoms with Gasteiger partial charge in [0.05, 0.1) is 18.8 Å². The number of rotatable bonds is 8. The molecule has 0 saturated heterocycles. The Morgan fingerprint density at radius 3 is 2.57 bits per heavy atom. The summed E-state index contributed by atoms with van der Waals surface area (Å²) in [5.41, 5.74) is 2.23. The molecule has 0 aliphatic heterocycles. The van der Waals surface area contributed by atoms with Crippen molar-refractivity contribution in [3.8, 4) is 0 Å². The van der Waals surface area contributed by atoms with Crippen molar-refractivity contribution in [3.05, 3.63) is 35.2 Å². The molecular formula is C17H26N2O4. The number of carbonyl (C=O) groups is 2. The smallest absolute Gasteiger partial charge is 0.355 e. The summed E-state index contributed by atoms with van der Waals surface area (Å²) in [5.74, 6) is -0.656. The molecular weight excluding hydrogens is 296 g/mol. The van der Waals surface area contributed by atoms with Crippen LogP contribution in [0.25, 0.3) is 0 Å². The first kappa shape index (κ1) is 19.0. The van der Waals surface area contributed by atoms with E-state index in [0.29, 0.717) is 35.7 Å². The van der Waals surface area contributed by atoms with Crippen molar-refractivity contribution in [2.24, 2.45) is 0 Å². The lowest BCUT2D eigenvalue weighted by molar-refractivity contribution is 0.0513. The first-order valence-corrected chi connectivity index (χ1v) is 7.66. The number of hydrogen-bond acceptors (Lipinski definition) is 4. The van der Waals surface area contributed by atoms with E-state index in [1.54, 1.807) is 31.6 Å². The van der Waals surface area contributed by atoms with Gasteiger partial charge in [0.15, 0.2) is 0 Å². The summed E-state index contributed by atoms with van der Waals surface area (Å²) in [7, 11) is 1.58. The van der Waals surface area contributed by atoms with Gasteiger partial charge >= 0.3 is 5.97 Å². The average Bonchev–Trinajstić information content (AvgIpc) is 2.71. The Hall–Kier alpha value is -2.08. The van der Waals surface area contributed by atoms with Crippen LogP contribution in [0, 0.1) is 13.8 Å². The zero-order chi connectivity index (χ0) is 17.6. The zero-order valence-corrected chi connectivity index (χ0v) is 14.6. The van der Waals surface area contributed by atoms with Crippen molar-refractivity contribution in [1.82, 2.24) is 9.88 Å². The van der Waals surface area contributed by atoms with Crippen LogP contribution in [0.1, 0.15) is 46.0 Å². The van der Waals surface area contributed by atoms with Crippen LogP contribution < -0.4 is 5.32 Å². The lowest BCUT2D eigenvalue weighted by Gasteiger charge is -2.13. The molecule has 128 valence electrons. The largest absolute Gasteiger partial charge is 0.461 e. The summed E-state index contributed by atoms with van der Waals surface area (Å²) in [6, 6.07) is -0.125. The maximum Gasteiger partial charge on any atom is 0.355 e. The molecule has 0 saturated carbocycles. The Bertz CT molecular complexity index is 590. The third-order valence-electron chi connectivity index (χ3n) is 3.57. The van der Waals surface area contributed by atoms with E-state index < -0.39 is 5.97 Å². The number of nitrogens with one attached hydrogen (secondary N) is 1. The fourth-order valence-electron chi connectivity index (χ4n) is 2.64. The molecule has 0 bridgehead atoms. The summed E-state index contributed by atoms with van der Waals surface area (Å²) in [4.78, 5) is 24.8. The maximum atomic E-state index is 12.6. The summed E-state index contributed by atoms with van der Waals surface area (Å²) < 4.78 is 11.9. The van der Waals surface area contributed by atoms with Gasteiger partial charge in [0.2, 0.25) is 0 Å². The first-order valence-electron chi connectivity index (χ1n) is 7.66. The molecule has 1 aromatic rings. The molecule has 1 aromatic heterocycles. The minimum absolute atomic E-state index is 0.125. The van der Waals surface area contributed by atoms with Crippen LogP contribution in [0.4, 0.5) is 0 Å². The van der Waals surface area contributed by atoms with E-state index in [-0.39, 0.29) is 18.6 Å². The van der Waals surface area contributed by atoms with Crippen molar-refractivity contribution in [2.45, 2.75) is 40.3 Å². The number of nitrogens with zero attached hydrogens (tertiary/aromatic N) is 1. The minimum atomic E-state index is -0.432. The van der Waals surface area contributed by atoms with Gasteiger partial charge in [-0.1, -0.05) is 6.08 Å². The predicted molar refractivity (Wildman–Crippen MR) is 88.9 cm³/mol. The van der Waals surface area contributed by atoms with Gasteiger partial charge in [-0.3, -0.25) is 4.79 Å². The van der Waals surface area contributed by atoms with Gasteiger partial charge in [-0.25, -0.2) is 4.79 Å². The molecule has 23 heavy (non-hydrogen) atoms. The van der Waals surface area contributed by atoms with Gasteiger partial charge in [-0.15, -0.1) is 6.58 Å². The molecule has 1 amide bonds. The highest BCUT2D eigenvalue weighted by molar-refractivity contribution is 6.01. The number of amides is 1. The first-order chi connectivity index (χ1) is 10.9. The fraction of sp³-hybridized carbons (Fsp3) is 0.529. The molecule has 6 heteroatoms. The van der Waals surface area contributed by atoms with Crippen LogP contribution in [0.2, 0.25) is 0 Å². The van der Waals surface area contributed by atoms with Crippen LogP contribution in [-0.4, -0.2) is 42.8 Å². The topological polar surface area (TPSA) is 69.6 Å². The van der Waals surface area contributed by atoms with Crippen LogP contribution in [0.5, 0.6) is 0 Å². The third-order valence-corrected chi connectivity index (χ3v) is 3.57. The van der Waals surface area contributed by atoms with Gasteiger partial charge in [-0.05, 0) is 33.3 Å². The molecule has 1 N–H and O–H groups in total. The van der Waals surface area contributed by atoms with E-state index in [4.69, 9.17) is 9.47 Å². The lowest BCUT2D eigenvalue weighted by Crippen LogP contribution is -2.36. The van der Waals surface area contributed by atoms with Crippen LogP contribution in [0.3, 0.4) is 0 Å². The monoisotopic (exact) mass is 322 g/mol. The third kappa shape index (κ3) is 4.22. The van der Waals surface area contributed by atoms with Crippen LogP contribution in [0.15, 0.2) is 12.7 Å². The summed E-state index contributed by atoms with van der Waals surface area (Å²) in [6.07, 6.45) is 1.68. The second kappa shape index (κ2) is 8.53. The fourth-order valence-corrected chi connectivity index (χ4v) is 2.64. The standard InChI is InChI=1S/C17H26N2O4/c1-7-9-19-13(5)14(16(20)18-11(3)10-22-6)12(4)15(19)17(21)23-8-2/h7,11H,1,8-10H2,2-6H3,(H,18,20). The van der Waals surface area contributed by atoms with Crippen molar-refractivity contribution < 1.29 is 19.1 Å². The highest BCUT2D eigenvalue weighted by Crippen LogP contribution is 2.23. The maximum absolute atomic E-state index is 12.6. The van der Waals surface area contributed by atoms with E-state index in [2.05, 4.69) is 11.9 Å². The van der Waals surface area contributed by atoms with Gasteiger partial charge < -0.3 is 19.4 Å². The Labute approximate surface area is 137 Å². The van der Waals surface area contributed by atoms with E-state index in [1.165, 1.54) is 0 Å².